The fourth-order valence-corrected chi connectivity index (χ4v) is 3.65. The van der Waals surface area contributed by atoms with Crippen LogP contribution in [0.25, 0.3) is 0 Å². The molecule has 0 bridgehead atoms. The van der Waals surface area contributed by atoms with Crippen molar-refractivity contribution in [2.45, 2.75) is 54.4 Å². The molecular weight excluding hydrogens is 366 g/mol. The van der Waals surface area contributed by atoms with Crippen LogP contribution in [0.2, 0.25) is 0 Å². The molecule has 2 rings (SSSR count). The molecule has 0 unspecified atom stereocenters. The molecule has 0 N–H and O–H groups in total. The van der Waals surface area contributed by atoms with Crippen LogP contribution in [0.15, 0.2) is 33.4 Å². The van der Waals surface area contributed by atoms with Gasteiger partial charge in [0.05, 0.1) is 0 Å². The maximum Gasteiger partial charge on any atom is 4.00 e. The van der Waals surface area contributed by atoms with Crippen molar-refractivity contribution in [1.82, 2.24) is 0 Å². The number of allylic oxidation sites excluding steroid dienone is 8. The van der Waals surface area contributed by atoms with E-state index < -0.39 is 0 Å². The first-order chi connectivity index (χ1) is 7.85. The molecular formula is C17H22Cl2Zr. The van der Waals surface area contributed by atoms with E-state index in [1.807, 2.05) is 0 Å². The van der Waals surface area contributed by atoms with E-state index in [9.17, 15) is 0 Å². The van der Waals surface area contributed by atoms with Crippen molar-refractivity contribution in [2.24, 2.45) is 5.41 Å². The molecule has 0 amide bonds. The number of hydrogen-bond donors (Lipinski definition) is 0. The second-order valence-corrected chi connectivity index (χ2v) is 5.89. The Morgan fingerprint density at radius 1 is 0.750 bits per heavy atom. The monoisotopic (exact) mass is 386 g/mol. The molecule has 0 saturated carbocycles. The normalized spacial score (nSPS) is 18.1. The van der Waals surface area contributed by atoms with Gasteiger partial charge in [0.2, 0.25) is 0 Å². The maximum absolute atomic E-state index is 3.47. The molecule has 2 aliphatic rings. The van der Waals surface area contributed by atoms with E-state index in [0.29, 0.717) is 0 Å². The molecule has 0 nitrogen and oxygen atoms in total. The smallest absolute Gasteiger partial charge is 1.00 e. The van der Waals surface area contributed by atoms with E-state index in [2.05, 4.69) is 53.7 Å². The van der Waals surface area contributed by atoms with Crippen LogP contribution in [0, 0.1) is 17.6 Å². The van der Waals surface area contributed by atoms with Crippen LogP contribution in [0.4, 0.5) is 0 Å². The van der Waals surface area contributed by atoms with Crippen molar-refractivity contribution in [1.29, 1.82) is 0 Å². The van der Waals surface area contributed by atoms with E-state index in [0.717, 1.165) is 12.8 Å². The van der Waals surface area contributed by atoms with Crippen LogP contribution in [-0.2, 0) is 26.2 Å². The molecule has 0 spiro atoms. The Hall–Kier alpha value is 0.423. The molecule has 0 heterocycles. The minimum absolute atomic E-state index is 0. The molecule has 2 aliphatic carbocycles. The maximum atomic E-state index is 3.47. The number of hydrogen-bond acceptors (Lipinski definition) is 0. The Balaban J connectivity index is 0. The second-order valence-electron chi connectivity index (χ2n) is 5.89. The van der Waals surface area contributed by atoms with Gasteiger partial charge in [0.15, 0.2) is 0 Å². The summed E-state index contributed by atoms with van der Waals surface area (Å²) < 4.78 is 0. The summed E-state index contributed by atoms with van der Waals surface area (Å²) in [6.45, 7) is 13.6. The molecule has 0 aromatic heterocycles. The molecule has 0 aromatic carbocycles. The molecule has 0 aliphatic heterocycles. The van der Waals surface area contributed by atoms with Crippen LogP contribution in [0.1, 0.15) is 54.4 Å². The Labute approximate surface area is 155 Å². The summed E-state index contributed by atoms with van der Waals surface area (Å²) in [5, 5.41) is 0. The van der Waals surface area contributed by atoms with Crippen LogP contribution < -0.4 is 24.8 Å². The van der Waals surface area contributed by atoms with Crippen LogP contribution >= 0.6 is 0 Å². The van der Waals surface area contributed by atoms with Gasteiger partial charge >= 0.3 is 26.2 Å². The Bertz CT molecular complexity index is 447. The van der Waals surface area contributed by atoms with Gasteiger partial charge in [-0.3, -0.25) is 12.2 Å². The molecule has 3 heteroatoms. The standard InChI is InChI=1S/C17H22.2ClH.Zr/c1-11-7-8-12(2)15(11)17(5,6)16-13(3)9-10-14(16)4;;;/h7,9H2,1-6H3;2*1H;/q-2;;;+4/p-2. The zero-order chi connectivity index (χ0) is 12.8. The molecule has 0 fully saturated rings. The Kier molecular flexibility index (Phi) is 9.26. The average molecular weight is 388 g/mol. The van der Waals surface area contributed by atoms with Crippen LogP contribution in [0.5, 0.6) is 0 Å². The summed E-state index contributed by atoms with van der Waals surface area (Å²) in [5.74, 6) is 0. The summed E-state index contributed by atoms with van der Waals surface area (Å²) in [6.07, 6.45) is 8.94. The average Bonchev–Trinajstić information content (AvgIpc) is 2.71. The van der Waals surface area contributed by atoms with E-state index >= 15 is 0 Å². The fraction of sp³-hybridized carbons (Fsp3) is 0.529. The first-order valence-electron chi connectivity index (χ1n) is 6.41. The third-order valence-electron chi connectivity index (χ3n) is 4.09. The van der Waals surface area contributed by atoms with Crippen molar-refractivity contribution in [2.75, 3.05) is 0 Å². The summed E-state index contributed by atoms with van der Waals surface area (Å²) in [4.78, 5) is 0. The van der Waals surface area contributed by atoms with E-state index in [1.54, 1.807) is 0 Å². The largest absolute Gasteiger partial charge is 4.00 e. The Morgan fingerprint density at radius 2 is 1.05 bits per heavy atom. The van der Waals surface area contributed by atoms with Gasteiger partial charge in [-0.2, -0.15) is 11.1 Å². The predicted molar refractivity (Wildman–Crippen MR) is 73.3 cm³/mol. The fourth-order valence-electron chi connectivity index (χ4n) is 3.65. The topological polar surface area (TPSA) is 0 Å². The third kappa shape index (κ3) is 3.79. The van der Waals surface area contributed by atoms with Gasteiger partial charge in [-0.05, 0) is 0 Å². The molecule has 0 radical (unpaired) electrons. The first-order valence-corrected chi connectivity index (χ1v) is 6.41. The van der Waals surface area contributed by atoms with E-state index in [-0.39, 0.29) is 56.4 Å². The van der Waals surface area contributed by atoms with Crippen molar-refractivity contribution in [3.05, 3.63) is 45.6 Å². The van der Waals surface area contributed by atoms with E-state index in [4.69, 9.17) is 0 Å². The number of rotatable bonds is 2. The Morgan fingerprint density at radius 3 is 1.25 bits per heavy atom. The first kappa shape index (κ1) is 22.7. The van der Waals surface area contributed by atoms with Gasteiger partial charge in [-0.25, -0.2) is 22.3 Å². The summed E-state index contributed by atoms with van der Waals surface area (Å²) in [5.41, 5.74) is 8.74. The van der Waals surface area contributed by atoms with Crippen LogP contribution in [-0.4, -0.2) is 0 Å². The molecule has 20 heavy (non-hydrogen) atoms. The van der Waals surface area contributed by atoms with Crippen molar-refractivity contribution >= 4 is 0 Å². The van der Waals surface area contributed by atoms with Gasteiger partial charge in [0.1, 0.15) is 0 Å². The van der Waals surface area contributed by atoms with Crippen molar-refractivity contribution < 1.29 is 51.0 Å². The predicted octanol–water partition coefficient (Wildman–Crippen LogP) is -1.04. The molecule has 0 atom stereocenters. The van der Waals surface area contributed by atoms with Gasteiger partial charge in [0, 0.05) is 0 Å². The molecule has 108 valence electrons. The van der Waals surface area contributed by atoms with Gasteiger partial charge in [-0.1, -0.05) is 41.5 Å². The van der Waals surface area contributed by atoms with Gasteiger partial charge in [0.25, 0.3) is 0 Å². The van der Waals surface area contributed by atoms with Gasteiger partial charge < -0.3 is 24.8 Å². The minimum Gasteiger partial charge on any atom is -1.00 e. The summed E-state index contributed by atoms with van der Waals surface area (Å²) in [7, 11) is 0. The second kappa shape index (κ2) is 8.16. The van der Waals surface area contributed by atoms with Crippen molar-refractivity contribution in [3.63, 3.8) is 0 Å². The zero-order valence-corrected chi connectivity index (χ0v) is 17.1. The number of halogens is 2. The third-order valence-corrected chi connectivity index (χ3v) is 4.09. The molecule has 0 saturated heterocycles. The summed E-state index contributed by atoms with van der Waals surface area (Å²) in [6, 6.07) is 0. The van der Waals surface area contributed by atoms with E-state index in [1.165, 1.54) is 33.4 Å². The quantitative estimate of drug-likeness (QED) is 0.530. The van der Waals surface area contributed by atoms with Crippen LogP contribution in [0.3, 0.4) is 0 Å². The molecule has 0 aromatic rings. The van der Waals surface area contributed by atoms with Crippen molar-refractivity contribution in [3.8, 4) is 0 Å². The van der Waals surface area contributed by atoms with Gasteiger partial charge in [-0.15, -0.1) is 18.3 Å². The zero-order valence-electron chi connectivity index (χ0n) is 13.2. The summed E-state index contributed by atoms with van der Waals surface area (Å²) >= 11 is 0. The SMILES string of the molecule is CC1=[C-]CC(C)=C1C(C)(C)C1=C(C)C[C-]=C1C.[Cl-].[Cl-].[Zr+4]. The minimum atomic E-state index is 0.